The van der Waals surface area contributed by atoms with Crippen molar-refractivity contribution in [1.29, 1.82) is 0 Å². The van der Waals surface area contributed by atoms with Crippen molar-refractivity contribution in [2.45, 2.75) is 6.54 Å². The molecule has 9 nitrogen and oxygen atoms in total. The molecular weight excluding hydrogens is 426 g/mol. The predicted octanol–water partition coefficient (Wildman–Crippen LogP) is 2.13. The van der Waals surface area contributed by atoms with Crippen LogP contribution in [0.3, 0.4) is 0 Å². The second-order valence-electron chi connectivity index (χ2n) is 7.01. The fourth-order valence-electron chi connectivity index (χ4n) is 3.24. The number of hydrogen-bond acceptors (Lipinski definition) is 8. The summed E-state index contributed by atoms with van der Waals surface area (Å²) < 4.78 is 30.6. The summed E-state index contributed by atoms with van der Waals surface area (Å²) in [6.07, 6.45) is 1.08. The number of thiophene rings is 1. The molecule has 1 aromatic carbocycles. The SMILES string of the molecule is CS(=O)(=O)Nc1cccc(C(=O)N2CCN(Cc3nc(-c4cccs4)no3)CC2)c1. The van der Waals surface area contributed by atoms with Gasteiger partial charge in [-0.25, -0.2) is 8.42 Å². The molecule has 3 heterocycles. The molecule has 0 atom stereocenters. The highest BCUT2D eigenvalue weighted by Crippen LogP contribution is 2.22. The van der Waals surface area contributed by atoms with Crippen LogP contribution in [0.25, 0.3) is 10.7 Å². The number of carbonyl (C=O) groups excluding carboxylic acids is 1. The minimum absolute atomic E-state index is 0.121. The molecule has 1 aliphatic heterocycles. The van der Waals surface area contributed by atoms with Crippen LogP contribution in [0.2, 0.25) is 0 Å². The molecule has 0 radical (unpaired) electrons. The van der Waals surface area contributed by atoms with E-state index in [1.54, 1.807) is 40.5 Å². The van der Waals surface area contributed by atoms with Crippen LogP contribution >= 0.6 is 11.3 Å². The summed E-state index contributed by atoms with van der Waals surface area (Å²) in [4.78, 5) is 22.1. The molecule has 0 bridgehead atoms. The van der Waals surface area contributed by atoms with E-state index in [4.69, 9.17) is 4.52 Å². The van der Waals surface area contributed by atoms with Crippen molar-refractivity contribution in [1.82, 2.24) is 19.9 Å². The first kappa shape index (κ1) is 20.5. The number of amides is 1. The molecule has 30 heavy (non-hydrogen) atoms. The largest absolute Gasteiger partial charge is 0.338 e. The molecule has 0 aliphatic carbocycles. The van der Waals surface area contributed by atoms with Crippen LogP contribution in [-0.2, 0) is 16.6 Å². The average molecular weight is 448 g/mol. The molecule has 3 aromatic rings. The molecule has 1 saturated heterocycles. The van der Waals surface area contributed by atoms with E-state index in [1.807, 2.05) is 17.5 Å². The van der Waals surface area contributed by atoms with Crippen LogP contribution in [0.1, 0.15) is 16.2 Å². The topological polar surface area (TPSA) is 109 Å². The highest BCUT2D eigenvalue weighted by atomic mass is 32.2. The standard InChI is InChI=1S/C19H21N5O4S2/c1-30(26,27)22-15-5-2-4-14(12-15)19(25)24-9-7-23(8-10-24)13-17-20-18(21-28-17)16-6-3-11-29-16/h2-6,11-12,22H,7-10,13H2,1H3. The van der Waals surface area contributed by atoms with Gasteiger partial charge in [-0.15, -0.1) is 11.3 Å². The molecule has 1 aliphatic rings. The Morgan fingerprint density at radius 2 is 2.00 bits per heavy atom. The van der Waals surface area contributed by atoms with E-state index >= 15 is 0 Å². The normalized spacial score (nSPS) is 15.3. The molecule has 158 valence electrons. The van der Waals surface area contributed by atoms with Crippen molar-refractivity contribution in [2.24, 2.45) is 0 Å². The van der Waals surface area contributed by atoms with Gasteiger partial charge < -0.3 is 9.42 Å². The molecule has 1 N–H and O–H groups in total. The number of anilines is 1. The van der Waals surface area contributed by atoms with Gasteiger partial charge in [-0.3, -0.25) is 14.4 Å². The van der Waals surface area contributed by atoms with E-state index < -0.39 is 10.0 Å². The van der Waals surface area contributed by atoms with E-state index in [0.29, 0.717) is 55.7 Å². The summed E-state index contributed by atoms with van der Waals surface area (Å²) >= 11 is 1.56. The molecule has 4 rings (SSSR count). The summed E-state index contributed by atoms with van der Waals surface area (Å²) in [5.74, 6) is 1.03. The zero-order valence-corrected chi connectivity index (χ0v) is 17.9. The maximum Gasteiger partial charge on any atom is 0.254 e. The van der Waals surface area contributed by atoms with Crippen LogP contribution in [-0.4, -0.2) is 66.7 Å². The van der Waals surface area contributed by atoms with Gasteiger partial charge in [0.1, 0.15) is 0 Å². The summed E-state index contributed by atoms with van der Waals surface area (Å²) in [6.45, 7) is 3.03. The summed E-state index contributed by atoms with van der Waals surface area (Å²) in [5.41, 5.74) is 0.828. The lowest BCUT2D eigenvalue weighted by molar-refractivity contribution is 0.0615. The summed E-state index contributed by atoms with van der Waals surface area (Å²) in [7, 11) is -3.40. The van der Waals surface area contributed by atoms with Crippen molar-refractivity contribution >= 4 is 33.0 Å². The van der Waals surface area contributed by atoms with Gasteiger partial charge in [0.15, 0.2) is 0 Å². The van der Waals surface area contributed by atoms with E-state index in [2.05, 4.69) is 19.8 Å². The Hall–Kier alpha value is -2.76. The first-order chi connectivity index (χ1) is 14.4. The molecule has 0 saturated carbocycles. The third-order valence-corrected chi connectivity index (χ3v) is 6.11. The van der Waals surface area contributed by atoms with E-state index in [9.17, 15) is 13.2 Å². The average Bonchev–Trinajstić information content (AvgIpc) is 3.39. The second kappa shape index (κ2) is 8.54. The number of rotatable bonds is 6. The highest BCUT2D eigenvalue weighted by molar-refractivity contribution is 7.92. The van der Waals surface area contributed by atoms with Crippen molar-refractivity contribution in [3.8, 4) is 10.7 Å². The Bertz CT molecular complexity index is 1120. The van der Waals surface area contributed by atoms with Gasteiger partial charge >= 0.3 is 0 Å². The fraction of sp³-hybridized carbons (Fsp3) is 0.316. The third kappa shape index (κ3) is 5.04. The van der Waals surface area contributed by atoms with Crippen LogP contribution < -0.4 is 4.72 Å². The number of nitrogens with zero attached hydrogens (tertiary/aromatic N) is 4. The van der Waals surface area contributed by atoms with Crippen LogP contribution in [0, 0.1) is 0 Å². The summed E-state index contributed by atoms with van der Waals surface area (Å²) in [5, 5.41) is 5.99. The predicted molar refractivity (Wildman–Crippen MR) is 114 cm³/mol. The van der Waals surface area contributed by atoms with Crippen molar-refractivity contribution in [3.05, 3.63) is 53.2 Å². The number of hydrogen-bond donors (Lipinski definition) is 1. The van der Waals surface area contributed by atoms with Gasteiger partial charge in [0, 0.05) is 37.4 Å². The van der Waals surface area contributed by atoms with Gasteiger partial charge in [-0.05, 0) is 29.6 Å². The number of aromatic nitrogens is 2. The monoisotopic (exact) mass is 447 g/mol. The zero-order valence-electron chi connectivity index (χ0n) is 16.3. The quantitative estimate of drug-likeness (QED) is 0.616. The number of benzene rings is 1. The first-order valence-corrected chi connectivity index (χ1v) is 12.1. The van der Waals surface area contributed by atoms with Gasteiger partial charge in [-0.2, -0.15) is 4.98 Å². The van der Waals surface area contributed by atoms with E-state index in [-0.39, 0.29) is 5.91 Å². The Kier molecular flexibility index (Phi) is 5.84. The molecule has 2 aromatic heterocycles. The highest BCUT2D eigenvalue weighted by Gasteiger charge is 2.24. The van der Waals surface area contributed by atoms with Gasteiger partial charge in [0.2, 0.25) is 21.7 Å². The summed E-state index contributed by atoms with van der Waals surface area (Å²) in [6, 6.07) is 10.4. The number of nitrogens with one attached hydrogen (secondary N) is 1. The Morgan fingerprint density at radius 1 is 1.20 bits per heavy atom. The Balaban J connectivity index is 1.33. The minimum Gasteiger partial charge on any atom is -0.338 e. The van der Waals surface area contributed by atoms with Gasteiger partial charge in [0.05, 0.1) is 17.7 Å². The lowest BCUT2D eigenvalue weighted by Gasteiger charge is -2.34. The maximum absolute atomic E-state index is 12.8. The number of piperazine rings is 1. The third-order valence-electron chi connectivity index (χ3n) is 4.64. The molecule has 0 spiro atoms. The van der Waals surface area contributed by atoms with Gasteiger partial charge in [-0.1, -0.05) is 17.3 Å². The smallest absolute Gasteiger partial charge is 0.254 e. The Labute approximate surface area is 178 Å². The second-order valence-corrected chi connectivity index (χ2v) is 9.71. The molecule has 11 heteroatoms. The molecule has 1 amide bonds. The van der Waals surface area contributed by atoms with Crippen LogP contribution in [0.4, 0.5) is 5.69 Å². The Morgan fingerprint density at radius 3 is 2.70 bits per heavy atom. The zero-order chi connectivity index (χ0) is 21.1. The van der Waals surface area contributed by atoms with Crippen molar-refractivity contribution in [2.75, 3.05) is 37.2 Å². The lowest BCUT2D eigenvalue weighted by atomic mass is 10.1. The maximum atomic E-state index is 12.8. The number of sulfonamides is 1. The fourth-order valence-corrected chi connectivity index (χ4v) is 4.44. The molecule has 0 unspecified atom stereocenters. The van der Waals surface area contributed by atoms with E-state index in [1.165, 1.54) is 0 Å². The van der Waals surface area contributed by atoms with Crippen LogP contribution in [0.5, 0.6) is 0 Å². The van der Waals surface area contributed by atoms with Gasteiger partial charge in [0.25, 0.3) is 5.91 Å². The number of carbonyl (C=O) groups is 1. The van der Waals surface area contributed by atoms with Crippen molar-refractivity contribution in [3.63, 3.8) is 0 Å². The van der Waals surface area contributed by atoms with E-state index in [0.717, 1.165) is 11.1 Å². The minimum atomic E-state index is -3.40. The molecule has 1 fully saturated rings. The van der Waals surface area contributed by atoms with Crippen molar-refractivity contribution < 1.29 is 17.7 Å². The first-order valence-electron chi connectivity index (χ1n) is 9.33. The lowest BCUT2D eigenvalue weighted by Crippen LogP contribution is -2.48. The molecular formula is C19H21N5O4S2. The van der Waals surface area contributed by atoms with Crippen LogP contribution in [0.15, 0.2) is 46.3 Å².